The first kappa shape index (κ1) is 20.4. The number of fused-ring (bicyclic) bond motifs is 1. The van der Waals surface area contributed by atoms with Crippen molar-refractivity contribution in [2.45, 2.75) is 45.6 Å². The van der Waals surface area contributed by atoms with Gasteiger partial charge in [0.2, 0.25) is 0 Å². The minimum atomic E-state index is -0.534. The number of thiophene rings is 1. The third kappa shape index (κ3) is 4.62. The molecule has 0 fully saturated rings. The third-order valence-electron chi connectivity index (χ3n) is 5.39. The van der Waals surface area contributed by atoms with Crippen molar-refractivity contribution < 1.29 is 14.3 Å². The van der Waals surface area contributed by atoms with Gasteiger partial charge in [0.25, 0.3) is 0 Å². The maximum Gasteiger partial charge on any atom is 0.412 e. The van der Waals surface area contributed by atoms with Crippen LogP contribution < -0.4 is 5.32 Å². The van der Waals surface area contributed by atoms with Crippen molar-refractivity contribution in [2.24, 2.45) is 0 Å². The Balaban J connectivity index is 1.59. The number of nitrogens with one attached hydrogen (secondary N) is 1. The Labute approximate surface area is 180 Å². The zero-order valence-corrected chi connectivity index (χ0v) is 17.9. The number of anilines is 1. The predicted octanol–water partition coefficient (Wildman–Crippen LogP) is 6.31. The number of carbonyl (C=O) groups is 2. The van der Waals surface area contributed by atoms with Crippen LogP contribution in [0.15, 0.2) is 54.6 Å². The van der Waals surface area contributed by atoms with E-state index in [9.17, 15) is 9.59 Å². The first-order valence-corrected chi connectivity index (χ1v) is 11.2. The number of ether oxygens (including phenoxy) is 1. The van der Waals surface area contributed by atoms with Crippen molar-refractivity contribution in [3.05, 3.63) is 87.3 Å². The highest BCUT2D eigenvalue weighted by Crippen LogP contribution is 2.39. The van der Waals surface area contributed by atoms with Crippen molar-refractivity contribution >= 4 is 28.2 Å². The van der Waals surface area contributed by atoms with Crippen molar-refractivity contribution in [3.63, 3.8) is 0 Å². The lowest BCUT2D eigenvalue weighted by Crippen LogP contribution is -2.15. The van der Waals surface area contributed by atoms with Crippen LogP contribution in [-0.4, -0.2) is 11.9 Å². The summed E-state index contributed by atoms with van der Waals surface area (Å²) >= 11 is 1.52. The molecule has 30 heavy (non-hydrogen) atoms. The predicted molar refractivity (Wildman–Crippen MR) is 120 cm³/mol. The smallest absolute Gasteiger partial charge is 0.412 e. The fourth-order valence-electron chi connectivity index (χ4n) is 3.77. The van der Waals surface area contributed by atoms with Crippen LogP contribution in [0.2, 0.25) is 0 Å². The molecule has 1 amide bonds. The summed E-state index contributed by atoms with van der Waals surface area (Å²) in [6, 6.07) is 17.2. The van der Waals surface area contributed by atoms with E-state index < -0.39 is 6.09 Å². The van der Waals surface area contributed by atoms with Gasteiger partial charge in [-0.1, -0.05) is 66.6 Å². The lowest BCUT2D eigenvalue weighted by Gasteiger charge is -2.10. The molecule has 0 atom stereocenters. The van der Waals surface area contributed by atoms with E-state index in [2.05, 4.69) is 5.32 Å². The molecular formula is C25H25NO3S. The maximum absolute atomic E-state index is 13.4. The number of rotatable bonds is 5. The van der Waals surface area contributed by atoms with Crippen molar-refractivity contribution in [3.8, 4) is 0 Å². The molecular weight excluding hydrogens is 394 g/mol. The summed E-state index contributed by atoms with van der Waals surface area (Å²) in [5, 5.41) is 3.46. The minimum Gasteiger partial charge on any atom is -0.444 e. The fraction of sp³-hybridized carbons (Fsp3) is 0.280. The van der Waals surface area contributed by atoms with Gasteiger partial charge in [-0.25, -0.2) is 4.79 Å². The van der Waals surface area contributed by atoms with Crippen LogP contribution in [0.5, 0.6) is 0 Å². The molecule has 0 saturated carbocycles. The Morgan fingerprint density at radius 2 is 1.70 bits per heavy atom. The Morgan fingerprint density at radius 1 is 0.967 bits per heavy atom. The van der Waals surface area contributed by atoms with Crippen LogP contribution in [0.1, 0.15) is 56.8 Å². The number of benzene rings is 2. The first-order chi connectivity index (χ1) is 14.6. The molecule has 2 aromatic carbocycles. The number of ketones is 1. The summed E-state index contributed by atoms with van der Waals surface area (Å²) in [7, 11) is 0. The second-order valence-electron chi connectivity index (χ2n) is 7.65. The van der Waals surface area contributed by atoms with Crippen LogP contribution >= 0.6 is 11.3 Å². The molecule has 1 aliphatic carbocycles. The molecule has 154 valence electrons. The molecule has 3 aromatic rings. The summed E-state index contributed by atoms with van der Waals surface area (Å²) in [6.07, 6.45) is 4.64. The van der Waals surface area contributed by atoms with Crippen molar-refractivity contribution in [2.75, 3.05) is 5.32 Å². The molecule has 0 spiro atoms. The molecule has 0 bridgehead atoms. The molecule has 0 radical (unpaired) electrons. The van der Waals surface area contributed by atoms with Gasteiger partial charge in [-0.15, -0.1) is 11.3 Å². The number of hydrogen-bond donors (Lipinski definition) is 1. The zero-order valence-electron chi connectivity index (χ0n) is 17.1. The average molecular weight is 420 g/mol. The Morgan fingerprint density at radius 3 is 2.47 bits per heavy atom. The number of amides is 1. The van der Waals surface area contributed by atoms with Gasteiger partial charge in [0.1, 0.15) is 11.6 Å². The zero-order chi connectivity index (χ0) is 20.9. The van der Waals surface area contributed by atoms with Gasteiger partial charge < -0.3 is 4.74 Å². The van der Waals surface area contributed by atoms with Gasteiger partial charge in [-0.05, 0) is 43.7 Å². The van der Waals surface area contributed by atoms with E-state index in [1.165, 1.54) is 22.6 Å². The summed E-state index contributed by atoms with van der Waals surface area (Å²) < 4.78 is 5.39. The van der Waals surface area contributed by atoms with Gasteiger partial charge in [0.15, 0.2) is 5.78 Å². The van der Waals surface area contributed by atoms with Crippen LogP contribution in [0, 0.1) is 6.92 Å². The van der Waals surface area contributed by atoms with Crippen LogP contribution in [-0.2, 0) is 24.2 Å². The van der Waals surface area contributed by atoms with Gasteiger partial charge in [-0.2, -0.15) is 0 Å². The fourth-order valence-corrected chi connectivity index (χ4v) is 5.04. The molecule has 0 unspecified atom stereocenters. The van der Waals surface area contributed by atoms with E-state index in [1.807, 2.05) is 61.5 Å². The summed E-state index contributed by atoms with van der Waals surface area (Å²) in [4.78, 5) is 27.1. The van der Waals surface area contributed by atoms with E-state index in [4.69, 9.17) is 4.74 Å². The number of aryl methyl sites for hydroxylation is 2. The van der Waals surface area contributed by atoms with Crippen LogP contribution in [0.4, 0.5) is 9.80 Å². The number of hydrogen-bond acceptors (Lipinski definition) is 4. The lowest BCUT2D eigenvalue weighted by atomic mass is 9.97. The molecule has 4 nitrogen and oxygen atoms in total. The quantitative estimate of drug-likeness (QED) is 0.390. The Bertz CT molecular complexity index is 1040. The highest BCUT2D eigenvalue weighted by atomic mass is 32.1. The minimum absolute atomic E-state index is 0.0345. The molecule has 0 saturated heterocycles. The van der Waals surface area contributed by atoms with E-state index in [-0.39, 0.29) is 12.4 Å². The summed E-state index contributed by atoms with van der Waals surface area (Å²) in [5.74, 6) is -0.0345. The van der Waals surface area contributed by atoms with E-state index in [0.717, 1.165) is 42.4 Å². The van der Waals surface area contributed by atoms with Gasteiger partial charge in [0, 0.05) is 10.4 Å². The van der Waals surface area contributed by atoms with Crippen molar-refractivity contribution in [1.82, 2.24) is 0 Å². The van der Waals surface area contributed by atoms with Crippen LogP contribution in [0.25, 0.3) is 0 Å². The van der Waals surface area contributed by atoms with Gasteiger partial charge in [0.05, 0.1) is 5.56 Å². The van der Waals surface area contributed by atoms with Crippen LogP contribution in [0.3, 0.4) is 0 Å². The number of carbonyl (C=O) groups excluding carboxylic acids is 2. The second-order valence-corrected chi connectivity index (χ2v) is 8.76. The van der Waals surface area contributed by atoms with Gasteiger partial charge >= 0.3 is 6.09 Å². The lowest BCUT2D eigenvalue weighted by molar-refractivity contribution is 0.103. The second kappa shape index (κ2) is 9.26. The highest BCUT2D eigenvalue weighted by molar-refractivity contribution is 7.17. The summed E-state index contributed by atoms with van der Waals surface area (Å²) in [6.45, 7) is 2.19. The molecule has 5 heteroatoms. The third-order valence-corrected chi connectivity index (χ3v) is 6.60. The molecule has 4 rings (SSSR count). The average Bonchev–Trinajstić information content (AvgIpc) is 2.93. The van der Waals surface area contributed by atoms with E-state index >= 15 is 0 Å². The van der Waals surface area contributed by atoms with Gasteiger partial charge in [-0.3, -0.25) is 10.1 Å². The van der Waals surface area contributed by atoms with E-state index in [1.54, 1.807) is 0 Å². The Hall–Kier alpha value is -2.92. The van der Waals surface area contributed by atoms with Crippen molar-refractivity contribution in [1.29, 1.82) is 0 Å². The summed E-state index contributed by atoms with van der Waals surface area (Å²) in [5.41, 5.74) is 4.41. The Kier molecular flexibility index (Phi) is 6.29. The maximum atomic E-state index is 13.4. The highest BCUT2D eigenvalue weighted by Gasteiger charge is 2.26. The SMILES string of the molecule is Cc1ccc(C(=O)c2c(NC(=O)OCc3ccccc3)sc3c2CCCCC3)cc1. The molecule has 1 N–H and O–H groups in total. The topological polar surface area (TPSA) is 55.4 Å². The normalized spacial score (nSPS) is 13.2. The monoisotopic (exact) mass is 419 g/mol. The molecule has 1 heterocycles. The molecule has 1 aliphatic rings. The largest absolute Gasteiger partial charge is 0.444 e. The standard InChI is InChI=1S/C25H25NO3S/c1-17-12-14-19(15-13-17)23(27)22-20-10-6-3-7-11-21(20)30-24(22)26-25(28)29-16-18-8-4-2-5-9-18/h2,4-5,8-9,12-15H,3,6-7,10-11,16H2,1H3,(H,26,28). The van der Waals surface area contributed by atoms with E-state index in [0.29, 0.717) is 16.1 Å². The molecule has 0 aliphatic heterocycles. The first-order valence-electron chi connectivity index (χ1n) is 10.4. The molecule has 1 aromatic heterocycles.